The van der Waals surface area contributed by atoms with Crippen LogP contribution in [-0.4, -0.2) is 55.8 Å². The van der Waals surface area contributed by atoms with E-state index in [4.69, 9.17) is 23.8 Å². The van der Waals surface area contributed by atoms with Crippen molar-refractivity contribution in [2.75, 3.05) is 13.2 Å². The van der Waals surface area contributed by atoms with Crippen molar-refractivity contribution in [1.82, 2.24) is 0 Å². The molecular weight excluding hydrogens is 438 g/mol. The van der Waals surface area contributed by atoms with Crippen LogP contribution in [0.5, 0.6) is 0 Å². The number of benzene rings is 1. The van der Waals surface area contributed by atoms with E-state index < -0.39 is 24.1 Å². The highest BCUT2D eigenvalue weighted by atomic mass is 16.6. The molecule has 1 aliphatic heterocycles. The first-order valence-electron chi connectivity index (χ1n) is 11.7. The Morgan fingerprint density at radius 3 is 2.47 bits per heavy atom. The monoisotopic (exact) mass is 475 g/mol. The maximum absolute atomic E-state index is 11.3. The fourth-order valence-corrected chi connectivity index (χ4v) is 3.67. The summed E-state index contributed by atoms with van der Waals surface area (Å²) in [5, 5.41) is 4.12. The standard InChI is InChI=1S/C26H37NO7/c1-18(2)26(31-16-22-9-7-6-8-10-22)19(3)15-27-32-14-13-23-11-12-24(33-21(5)29)25(34-23)17-30-20(4)28/h6-12,15,18-19,23-26H,13-14,16-17H2,1-5H3/t19-,23+,24+,25-,26-/m1/s1. The van der Waals surface area contributed by atoms with E-state index in [0.717, 1.165) is 5.56 Å². The summed E-state index contributed by atoms with van der Waals surface area (Å²) in [4.78, 5) is 27.9. The van der Waals surface area contributed by atoms with E-state index in [1.807, 2.05) is 36.4 Å². The molecule has 1 aromatic rings. The molecule has 0 fully saturated rings. The van der Waals surface area contributed by atoms with Gasteiger partial charge in [0.15, 0.2) is 0 Å². The second-order valence-corrected chi connectivity index (χ2v) is 8.72. The van der Waals surface area contributed by atoms with Gasteiger partial charge in [0, 0.05) is 32.4 Å². The maximum Gasteiger partial charge on any atom is 0.303 e. The highest BCUT2D eigenvalue weighted by molar-refractivity contribution is 5.67. The van der Waals surface area contributed by atoms with E-state index in [1.165, 1.54) is 13.8 Å². The van der Waals surface area contributed by atoms with Crippen LogP contribution in [0.4, 0.5) is 0 Å². The molecule has 34 heavy (non-hydrogen) atoms. The molecule has 0 radical (unpaired) electrons. The molecule has 0 amide bonds. The molecule has 0 N–H and O–H groups in total. The van der Waals surface area contributed by atoms with Gasteiger partial charge in [-0.3, -0.25) is 9.59 Å². The van der Waals surface area contributed by atoms with Crippen LogP contribution < -0.4 is 0 Å². The quantitative estimate of drug-likeness (QED) is 0.140. The van der Waals surface area contributed by atoms with Crippen LogP contribution in [0.3, 0.4) is 0 Å². The van der Waals surface area contributed by atoms with Gasteiger partial charge in [-0.2, -0.15) is 0 Å². The van der Waals surface area contributed by atoms with Crippen LogP contribution in [-0.2, 0) is 40.0 Å². The second-order valence-electron chi connectivity index (χ2n) is 8.72. The van der Waals surface area contributed by atoms with Gasteiger partial charge < -0.3 is 23.8 Å². The number of rotatable bonds is 13. The lowest BCUT2D eigenvalue weighted by Gasteiger charge is -2.31. The number of hydrogen-bond donors (Lipinski definition) is 0. The Hall–Kier alpha value is -2.71. The van der Waals surface area contributed by atoms with E-state index in [-0.39, 0.29) is 24.7 Å². The fraction of sp³-hybridized carbons (Fsp3) is 0.577. The van der Waals surface area contributed by atoms with Crippen LogP contribution in [0, 0.1) is 11.8 Å². The molecule has 188 valence electrons. The van der Waals surface area contributed by atoms with Crippen molar-refractivity contribution >= 4 is 18.2 Å². The van der Waals surface area contributed by atoms with Crippen molar-refractivity contribution in [3.63, 3.8) is 0 Å². The van der Waals surface area contributed by atoms with Gasteiger partial charge in [0.1, 0.15) is 25.4 Å². The first-order valence-corrected chi connectivity index (χ1v) is 11.7. The SMILES string of the molecule is CC(=O)OC[C@H]1O[C@H](CCON=C[C@@H](C)[C@H](OCc2ccccc2)C(C)C)C=C[C@@H]1OC(C)=O. The number of carbonyl (C=O) groups is 2. The van der Waals surface area contributed by atoms with Crippen molar-refractivity contribution in [3.8, 4) is 0 Å². The summed E-state index contributed by atoms with van der Waals surface area (Å²) in [7, 11) is 0. The van der Waals surface area contributed by atoms with Crippen molar-refractivity contribution in [1.29, 1.82) is 0 Å². The van der Waals surface area contributed by atoms with Crippen molar-refractivity contribution in [3.05, 3.63) is 48.0 Å². The Kier molecular flexibility index (Phi) is 11.8. The molecule has 5 atom stereocenters. The minimum atomic E-state index is -0.600. The molecule has 8 nitrogen and oxygen atoms in total. The smallest absolute Gasteiger partial charge is 0.303 e. The first-order chi connectivity index (χ1) is 16.3. The van der Waals surface area contributed by atoms with E-state index >= 15 is 0 Å². The summed E-state index contributed by atoms with van der Waals surface area (Å²) >= 11 is 0. The summed E-state index contributed by atoms with van der Waals surface area (Å²) < 4.78 is 22.4. The summed E-state index contributed by atoms with van der Waals surface area (Å²) in [6.45, 7) is 9.86. The normalized spacial score (nSPS) is 21.9. The molecule has 0 aliphatic carbocycles. The summed E-state index contributed by atoms with van der Waals surface area (Å²) in [5.74, 6) is -0.448. The van der Waals surface area contributed by atoms with Crippen LogP contribution in [0.25, 0.3) is 0 Å². The van der Waals surface area contributed by atoms with Crippen LogP contribution in [0.15, 0.2) is 47.6 Å². The number of nitrogens with zero attached hydrogens (tertiary/aromatic N) is 1. The van der Waals surface area contributed by atoms with Crippen molar-refractivity contribution in [2.24, 2.45) is 17.0 Å². The van der Waals surface area contributed by atoms with Crippen LogP contribution in [0.1, 0.15) is 46.6 Å². The Bertz CT molecular complexity index is 809. The topological polar surface area (TPSA) is 92.7 Å². The highest BCUT2D eigenvalue weighted by Crippen LogP contribution is 2.20. The molecule has 2 rings (SSSR count). The molecule has 0 spiro atoms. The van der Waals surface area contributed by atoms with Crippen LogP contribution in [0.2, 0.25) is 0 Å². The minimum Gasteiger partial charge on any atom is -0.463 e. The number of esters is 2. The maximum atomic E-state index is 11.3. The van der Waals surface area contributed by atoms with Crippen molar-refractivity contribution < 1.29 is 33.4 Å². The Labute approximate surface area is 202 Å². The average Bonchev–Trinajstić information content (AvgIpc) is 2.79. The Morgan fingerprint density at radius 1 is 1.09 bits per heavy atom. The number of oxime groups is 1. The number of hydrogen-bond acceptors (Lipinski definition) is 8. The summed E-state index contributed by atoms with van der Waals surface area (Å²) in [5.41, 5.74) is 1.14. The lowest BCUT2D eigenvalue weighted by Crippen LogP contribution is -2.41. The zero-order valence-electron chi connectivity index (χ0n) is 20.7. The minimum absolute atomic E-state index is 0.00418. The van der Waals surface area contributed by atoms with E-state index in [0.29, 0.717) is 25.6 Å². The molecule has 0 saturated carbocycles. The highest BCUT2D eigenvalue weighted by Gasteiger charge is 2.30. The summed E-state index contributed by atoms with van der Waals surface area (Å²) in [6, 6.07) is 10.1. The van der Waals surface area contributed by atoms with Gasteiger partial charge in [-0.15, -0.1) is 0 Å². The third-order valence-electron chi connectivity index (χ3n) is 5.31. The average molecular weight is 476 g/mol. The molecule has 0 aromatic heterocycles. The molecule has 0 saturated heterocycles. The van der Waals surface area contributed by atoms with Gasteiger partial charge in [0.05, 0.1) is 18.8 Å². The molecular formula is C26H37NO7. The number of ether oxygens (including phenoxy) is 4. The molecule has 1 aliphatic rings. The van der Waals surface area contributed by atoms with Crippen molar-refractivity contribution in [2.45, 2.75) is 72.1 Å². The first kappa shape index (κ1) is 27.5. The molecule has 0 bridgehead atoms. The van der Waals surface area contributed by atoms with Crippen LogP contribution >= 0.6 is 0 Å². The molecule has 8 heteroatoms. The predicted molar refractivity (Wildman–Crippen MR) is 128 cm³/mol. The predicted octanol–water partition coefficient (Wildman–Crippen LogP) is 4.07. The van der Waals surface area contributed by atoms with Gasteiger partial charge in [-0.1, -0.05) is 62.3 Å². The van der Waals surface area contributed by atoms with Gasteiger partial charge >= 0.3 is 11.9 Å². The van der Waals surface area contributed by atoms with E-state index in [1.54, 1.807) is 12.3 Å². The third-order valence-corrected chi connectivity index (χ3v) is 5.31. The van der Waals surface area contributed by atoms with Gasteiger partial charge in [-0.05, 0) is 17.6 Å². The molecule has 0 unspecified atom stereocenters. The zero-order valence-corrected chi connectivity index (χ0v) is 20.7. The fourth-order valence-electron chi connectivity index (χ4n) is 3.67. The van der Waals surface area contributed by atoms with Gasteiger partial charge in [-0.25, -0.2) is 0 Å². The molecule has 1 heterocycles. The zero-order chi connectivity index (χ0) is 24.9. The summed E-state index contributed by atoms with van der Waals surface area (Å²) in [6.07, 6.45) is 4.47. The lowest BCUT2D eigenvalue weighted by molar-refractivity contribution is -0.164. The van der Waals surface area contributed by atoms with Gasteiger partial charge in [0.25, 0.3) is 0 Å². The number of carbonyl (C=O) groups excluding carboxylic acids is 2. The second kappa shape index (κ2) is 14.5. The molecule has 1 aromatic carbocycles. The lowest BCUT2D eigenvalue weighted by atomic mass is 9.95. The Balaban J connectivity index is 1.79. The van der Waals surface area contributed by atoms with E-state index in [9.17, 15) is 9.59 Å². The largest absolute Gasteiger partial charge is 0.463 e. The van der Waals surface area contributed by atoms with Gasteiger partial charge in [0.2, 0.25) is 0 Å². The Morgan fingerprint density at radius 2 is 1.82 bits per heavy atom. The third kappa shape index (κ3) is 10.1. The van der Waals surface area contributed by atoms with E-state index in [2.05, 4.69) is 25.9 Å².